The summed E-state index contributed by atoms with van der Waals surface area (Å²) in [5.74, 6) is 1.48. The zero-order chi connectivity index (χ0) is 13.5. The Labute approximate surface area is 117 Å². The highest BCUT2D eigenvalue weighted by molar-refractivity contribution is 9.10. The number of guanidine groups is 1. The molecule has 100 valence electrons. The van der Waals surface area contributed by atoms with E-state index in [2.05, 4.69) is 27.0 Å². The van der Waals surface area contributed by atoms with E-state index < -0.39 is 0 Å². The molecule has 5 heteroatoms. The number of hydrogen-bond donors (Lipinski definition) is 1. The van der Waals surface area contributed by atoms with Gasteiger partial charge in [0.2, 0.25) is 0 Å². The highest BCUT2D eigenvalue weighted by Crippen LogP contribution is 2.24. The molecule has 0 saturated heterocycles. The fourth-order valence-corrected chi connectivity index (χ4v) is 1.87. The highest BCUT2D eigenvalue weighted by Gasteiger charge is 2.03. The van der Waals surface area contributed by atoms with Crippen molar-refractivity contribution in [2.75, 3.05) is 27.7 Å². The first kappa shape index (κ1) is 14.8. The summed E-state index contributed by atoms with van der Waals surface area (Å²) in [4.78, 5) is 6.09. The second-order valence-electron chi connectivity index (χ2n) is 4.19. The van der Waals surface area contributed by atoms with Gasteiger partial charge in [-0.3, -0.25) is 4.99 Å². The Kier molecular flexibility index (Phi) is 5.98. The maximum absolute atomic E-state index is 5.72. The van der Waals surface area contributed by atoms with Crippen LogP contribution in [0.2, 0.25) is 0 Å². The molecule has 0 fully saturated rings. The van der Waals surface area contributed by atoms with Gasteiger partial charge in [0.15, 0.2) is 5.96 Å². The number of aryl methyl sites for hydroxylation is 1. The lowest BCUT2D eigenvalue weighted by Crippen LogP contribution is -2.30. The average molecular weight is 314 g/mol. The molecule has 0 saturated carbocycles. The monoisotopic (exact) mass is 313 g/mol. The van der Waals surface area contributed by atoms with Gasteiger partial charge in [-0.15, -0.1) is 0 Å². The topological polar surface area (TPSA) is 50.9 Å². The van der Waals surface area contributed by atoms with Gasteiger partial charge in [0.25, 0.3) is 0 Å². The molecule has 18 heavy (non-hydrogen) atoms. The van der Waals surface area contributed by atoms with E-state index in [4.69, 9.17) is 10.5 Å². The van der Waals surface area contributed by atoms with Crippen molar-refractivity contribution in [3.63, 3.8) is 0 Å². The van der Waals surface area contributed by atoms with Crippen molar-refractivity contribution in [1.82, 2.24) is 4.90 Å². The number of nitrogens with two attached hydrogens (primary N) is 1. The second-order valence-corrected chi connectivity index (χ2v) is 5.11. The molecule has 1 aromatic rings. The third-order valence-electron chi connectivity index (χ3n) is 2.59. The van der Waals surface area contributed by atoms with Gasteiger partial charge < -0.3 is 15.4 Å². The predicted molar refractivity (Wildman–Crippen MR) is 79.2 cm³/mol. The average Bonchev–Trinajstić information content (AvgIpc) is 2.35. The molecule has 0 aliphatic carbocycles. The van der Waals surface area contributed by atoms with Crippen LogP contribution in [0, 0.1) is 0 Å². The predicted octanol–water partition coefficient (Wildman–Crippen LogP) is 2.27. The van der Waals surface area contributed by atoms with Crippen molar-refractivity contribution < 1.29 is 4.74 Å². The molecule has 0 bridgehead atoms. The fourth-order valence-electron chi connectivity index (χ4n) is 1.53. The first-order valence-electron chi connectivity index (χ1n) is 5.84. The Morgan fingerprint density at radius 3 is 2.78 bits per heavy atom. The highest BCUT2D eigenvalue weighted by atomic mass is 79.9. The fraction of sp³-hybridized carbons (Fsp3) is 0.462. The zero-order valence-corrected chi connectivity index (χ0v) is 12.7. The molecule has 0 heterocycles. The van der Waals surface area contributed by atoms with Crippen LogP contribution in [-0.2, 0) is 6.42 Å². The Hall–Kier alpha value is -1.23. The number of aliphatic imine (C=N–C) groups is 1. The summed E-state index contributed by atoms with van der Waals surface area (Å²) in [6.07, 6.45) is 1.88. The van der Waals surface area contributed by atoms with Crippen LogP contribution in [0.5, 0.6) is 5.75 Å². The van der Waals surface area contributed by atoms with Gasteiger partial charge >= 0.3 is 0 Å². The van der Waals surface area contributed by atoms with E-state index in [1.807, 2.05) is 26.2 Å². The van der Waals surface area contributed by atoms with Crippen LogP contribution in [-0.4, -0.2) is 38.6 Å². The van der Waals surface area contributed by atoms with Crippen molar-refractivity contribution in [2.45, 2.75) is 12.8 Å². The molecule has 0 unspecified atom stereocenters. The Morgan fingerprint density at radius 2 is 2.17 bits per heavy atom. The molecule has 0 radical (unpaired) electrons. The molecule has 0 aliphatic heterocycles. The van der Waals surface area contributed by atoms with E-state index in [-0.39, 0.29) is 0 Å². The number of nitrogens with zero attached hydrogens (tertiary/aromatic N) is 2. The van der Waals surface area contributed by atoms with Crippen LogP contribution >= 0.6 is 15.9 Å². The Balaban J connectivity index is 2.52. The van der Waals surface area contributed by atoms with Crippen LogP contribution in [0.15, 0.2) is 27.7 Å². The SMILES string of the molecule is COc1cc(Br)ccc1CCCN=C(N)N(C)C. The Bertz CT molecular complexity index is 419. The molecule has 0 spiro atoms. The van der Waals surface area contributed by atoms with E-state index in [1.165, 1.54) is 5.56 Å². The van der Waals surface area contributed by atoms with Gasteiger partial charge in [0.05, 0.1) is 7.11 Å². The summed E-state index contributed by atoms with van der Waals surface area (Å²) in [7, 11) is 5.46. The smallest absolute Gasteiger partial charge is 0.190 e. The largest absolute Gasteiger partial charge is 0.496 e. The van der Waals surface area contributed by atoms with E-state index in [0.717, 1.165) is 29.6 Å². The number of methoxy groups -OCH3 is 1. The van der Waals surface area contributed by atoms with Gasteiger partial charge in [-0.1, -0.05) is 22.0 Å². The Morgan fingerprint density at radius 1 is 1.44 bits per heavy atom. The molecular formula is C13H20BrN3O. The summed E-state index contributed by atoms with van der Waals surface area (Å²) in [6, 6.07) is 6.07. The van der Waals surface area contributed by atoms with Crippen LogP contribution in [0.25, 0.3) is 0 Å². The number of hydrogen-bond acceptors (Lipinski definition) is 2. The van der Waals surface area contributed by atoms with Crippen LogP contribution in [0.1, 0.15) is 12.0 Å². The molecule has 0 atom stereocenters. The second kappa shape index (κ2) is 7.26. The van der Waals surface area contributed by atoms with Gasteiger partial charge in [-0.05, 0) is 30.5 Å². The quantitative estimate of drug-likeness (QED) is 0.515. The van der Waals surface area contributed by atoms with Crippen molar-refractivity contribution >= 4 is 21.9 Å². The van der Waals surface area contributed by atoms with Crippen LogP contribution in [0.4, 0.5) is 0 Å². The maximum Gasteiger partial charge on any atom is 0.190 e. The summed E-state index contributed by atoms with van der Waals surface area (Å²) in [5.41, 5.74) is 6.91. The molecule has 0 amide bonds. The minimum atomic E-state index is 0.567. The van der Waals surface area contributed by atoms with Gasteiger partial charge in [0.1, 0.15) is 5.75 Å². The van der Waals surface area contributed by atoms with Gasteiger partial charge in [-0.2, -0.15) is 0 Å². The van der Waals surface area contributed by atoms with Crippen molar-refractivity contribution in [2.24, 2.45) is 10.7 Å². The third-order valence-corrected chi connectivity index (χ3v) is 3.08. The molecule has 0 aliphatic rings. The lowest BCUT2D eigenvalue weighted by atomic mass is 10.1. The lowest BCUT2D eigenvalue weighted by Gasteiger charge is -2.11. The van der Waals surface area contributed by atoms with Gasteiger partial charge in [0, 0.05) is 25.1 Å². The lowest BCUT2D eigenvalue weighted by molar-refractivity contribution is 0.409. The third kappa shape index (κ3) is 4.56. The number of benzene rings is 1. The number of ether oxygens (including phenoxy) is 1. The molecule has 0 aromatic heterocycles. The normalized spacial score (nSPS) is 11.4. The summed E-state index contributed by atoms with van der Waals surface area (Å²) in [5, 5.41) is 0. The number of rotatable bonds is 5. The van der Waals surface area contributed by atoms with Crippen molar-refractivity contribution in [3.05, 3.63) is 28.2 Å². The maximum atomic E-state index is 5.72. The minimum Gasteiger partial charge on any atom is -0.496 e. The first-order valence-corrected chi connectivity index (χ1v) is 6.63. The van der Waals surface area contributed by atoms with Crippen molar-refractivity contribution in [3.8, 4) is 5.75 Å². The molecule has 1 aromatic carbocycles. The van der Waals surface area contributed by atoms with Crippen LogP contribution in [0.3, 0.4) is 0 Å². The van der Waals surface area contributed by atoms with Gasteiger partial charge in [-0.25, -0.2) is 0 Å². The van der Waals surface area contributed by atoms with E-state index >= 15 is 0 Å². The summed E-state index contributed by atoms with van der Waals surface area (Å²) < 4.78 is 6.37. The summed E-state index contributed by atoms with van der Waals surface area (Å²) in [6.45, 7) is 0.725. The summed E-state index contributed by atoms with van der Waals surface area (Å²) >= 11 is 3.43. The molecule has 2 N–H and O–H groups in total. The zero-order valence-electron chi connectivity index (χ0n) is 11.1. The minimum absolute atomic E-state index is 0.567. The number of halogens is 1. The van der Waals surface area contributed by atoms with E-state index in [9.17, 15) is 0 Å². The van der Waals surface area contributed by atoms with Crippen molar-refractivity contribution in [1.29, 1.82) is 0 Å². The molecule has 1 rings (SSSR count). The molecular weight excluding hydrogens is 294 g/mol. The van der Waals surface area contributed by atoms with E-state index in [0.29, 0.717) is 5.96 Å². The van der Waals surface area contributed by atoms with Crippen LogP contribution < -0.4 is 10.5 Å². The first-order chi connectivity index (χ1) is 8.54. The van der Waals surface area contributed by atoms with E-state index in [1.54, 1.807) is 12.0 Å². The standard InChI is InChI=1S/C13H20BrN3O/c1-17(2)13(15)16-8-4-5-10-6-7-11(14)9-12(10)18-3/h6-7,9H,4-5,8H2,1-3H3,(H2,15,16). The molecule has 4 nitrogen and oxygen atoms in total.